The molecule has 1 aliphatic rings. The third kappa shape index (κ3) is 2.61. The Kier molecular flexibility index (Phi) is 4.44. The summed E-state index contributed by atoms with van der Waals surface area (Å²) in [6.45, 7) is 0.514. The second-order valence-electron chi connectivity index (χ2n) is 3.56. The molecule has 88 valence electrons. The lowest BCUT2D eigenvalue weighted by molar-refractivity contribution is -0.117. The first-order chi connectivity index (χ1) is 7.08. The van der Waals surface area contributed by atoms with Crippen LogP contribution in [-0.4, -0.2) is 18.5 Å². The summed E-state index contributed by atoms with van der Waals surface area (Å²) >= 11 is 11.8. The Labute approximate surface area is 110 Å². The highest BCUT2D eigenvalue weighted by atomic mass is 35.5. The van der Waals surface area contributed by atoms with E-state index in [1.165, 1.54) is 0 Å². The van der Waals surface area contributed by atoms with Crippen LogP contribution in [0.2, 0.25) is 10.0 Å². The van der Waals surface area contributed by atoms with Gasteiger partial charge in [0.1, 0.15) is 0 Å². The van der Waals surface area contributed by atoms with Crippen molar-refractivity contribution in [1.29, 1.82) is 0 Å². The van der Waals surface area contributed by atoms with Crippen LogP contribution in [0.1, 0.15) is 6.42 Å². The quantitative estimate of drug-likeness (QED) is 0.859. The maximum Gasteiger partial charge on any atom is 0.228 e. The fourth-order valence-corrected chi connectivity index (χ4v) is 2.18. The molecule has 16 heavy (non-hydrogen) atoms. The van der Waals surface area contributed by atoms with Gasteiger partial charge < -0.3 is 10.6 Å². The number of hydrogen-bond donors (Lipinski definition) is 1. The first kappa shape index (κ1) is 13.6. The third-order valence-corrected chi connectivity index (χ3v) is 2.89. The summed E-state index contributed by atoms with van der Waals surface area (Å²) in [4.78, 5) is 13.2. The summed E-state index contributed by atoms with van der Waals surface area (Å²) < 4.78 is 0. The smallest absolute Gasteiger partial charge is 0.228 e. The highest BCUT2D eigenvalue weighted by molar-refractivity contribution is 6.36. The third-order valence-electron chi connectivity index (χ3n) is 2.36. The molecule has 1 aromatic rings. The van der Waals surface area contributed by atoms with Gasteiger partial charge in [-0.2, -0.15) is 0 Å². The number of anilines is 1. The Hall–Kier alpha value is -0.480. The van der Waals surface area contributed by atoms with Crippen molar-refractivity contribution in [1.82, 2.24) is 0 Å². The van der Waals surface area contributed by atoms with Crippen molar-refractivity contribution in [3.63, 3.8) is 0 Å². The number of halogens is 3. The highest BCUT2D eigenvalue weighted by Crippen LogP contribution is 2.31. The summed E-state index contributed by atoms with van der Waals surface area (Å²) in [6.07, 6.45) is 0.374. The van der Waals surface area contributed by atoms with E-state index < -0.39 is 0 Å². The van der Waals surface area contributed by atoms with Crippen LogP contribution in [0, 0.1) is 0 Å². The lowest BCUT2D eigenvalue weighted by atomic mass is 10.3. The summed E-state index contributed by atoms with van der Waals surface area (Å²) in [7, 11) is 0. The molecule has 1 amide bonds. The van der Waals surface area contributed by atoms with Crippen molar-refractivity contribution < 1.29 is 4.79 Å². The fourth-order valence-electron chi connectivity index (χ4n) is 1.67. The number of benzene rings is 1. The van der Waals surface area contributed by atoms with Crippen molar-refractivity contribution >= 4 is 47.2 Å². The zero-order chi connectivity index (χ0) is 11.0. The minimum atomic E-state index is -0.107. The molecular formula is C10H11Cl3N2O. The fraction of sp³-hybridized carbons (Fsp3) is 0.300. The minimum Gasteiger partial charge on any atom is -0.326 e. The van der Waals surface area contributed by atoms with E-state index in [0.717, 1.165) is 0 Å². The molecule has 0 aliphatic carbocycles. The van der Waals surface area contributed by atoms with E-state index in [2.05, 4.69) is 0 Å². The van der Waals surface area contributed by atoms with Gasteiger partial charge in [-0.15, -0.1) is 12.4 Å². The Morgan fingerprint density at radius 3 is 2.56 bits per heavy atom. The topological polar surface area (TPSA) is 46.3 Å². The zero-order valence-electron chi connectivity index (χ0n) is 8.32. The van der Waals surface area contributed by atoms with E-state index in [4.69, 9.17) is 28.9 Å². The summed E-state index contributed by atoms with van der Waals surface area (Å²) in [6, 6.07) is 4.96. The highest BCUT2D eigenvalue weighted by Gasteiger charge is 2.29. The van der Waals surface area contributed by atoms with Gasteiger partial charge in [0.05, 0.1) is 10.7 Å². The van der Waals surface area contributed by atoms with Gasteiger partial charge in [-0.05, 0) is 18.2 Å². The zero-order valence-corrected chi connectivity index (χ0v) is 10.6. The van der Waals surface area contributed by atoms with Gasteiger partial charge >= 0.3 is 0 Å². The Bertz CT molecular complexity index is 411. The minimum absolute atomic E-state index is 0. The Morgan fingerprint density at radius 2 is 2.06 bits per heavy atom. The lowest BCUT2D eigenvalue weighted by Crippen LogP contribution is -2.28. The lowest BCUT2D eigenvalue weighted by Gasteiger charge is -2.17. The average Bonchev–Trinajstić information content (AvgIpc) is 2.45. The van der Waals surface area contributed by atoms with Crippen LogP contribution in [0.15, 0.2) is 18.2 Å². The van der Waals surface area contributed by atoms with Crippen LogP contribution < -0.4 is 10.6 Å². The molecule has 1 aliphatic heterocycles. The van der Waals surface area contributed by atoms with Crippen molar-refractivity contribution in [2.75, 3.05) is 11.4 Å². The molecule has 2 rings (SSSR count). The standard InChI is InChI=1S/C10H10Cl2N2O.ClH/c11-6-1-2-9(8(12)3-6)14-5-7(13)4-10(14)15;/h1-3,7H,4-5,13H2;1H. The normalized spacial score (nSPS) is 19.8. The van der Waals surface area contributed by atoms with Crippen LogP contribution in [0.4, 0.5) is 5.69 Å². The van der Waals surface area contributed by atoms with Crippen LogP contribution >= 0.6 is 35.6 Å². The van der Waals surface area contributed by atoms with Crippen LogP contribution in [0.3, 0.4) is 0 Å². The van der Waals surface area contributed by atoms with Gasteiger partial charge in [0.25, 0.3) is 0 Å². The summed E-state index contributed by atoms with van der Waals surface area (Å²) in [5, 5.41) is 1.03. The Morgan fingerprint density at radius 1 is 1.38 bits per heavy atom. The molecular weight excluding hydrogens is 270 g/mol. The number of carbonyl (C=O) groups excluding carboxylic acids is 1. The number of carbonyl (C=O) groups is 1. The molecule has 1 saturated heterocycles. The molecule has 2 N–H and O–H groups in total. The van der Waals surface area contributed by atoms with Crippen LogP contribution in [0.5, 0.6) is 0 Å². The van der Waals surface area contributed by atoms with E-state index >= 15 is 0 Å². The number of hydrogen-bond acceptors (Lipinski definition) is 2. The van der Waals surface area contributed by atoms with E-state index in [1.807, 2.05) is 0 Å². The average molecular weight is 282 g/mol. The predicted molar refractivity (Wildman–Crippen MR) is 68.7 cm³/mol. The number of nitrogens with two attached hydrogens (primary N) is 1. The second kappa shape index (κ2) is 5.23. The van der Waals surface area contributed by atoms with E-state index in [1.54, 1.807) is 23.1 Å². The van der Waals surface area contributed by atoms with Crippen LogP contribution in [-0.2, 0) is 4.79 Å². The first-order valence-electron chi connectivity index (χ1n) is 4.59. The van der Waals surface area contributed by atoms with E-state index in [9.17, 15) is 4.79 Å². The van der Waals surface area contributed by atoms with Crippen molar-refractivity contribution in [2.24, 2.45) is 5.73 Å². The summed E-state index contributed by atoms with van der Waals surface area (Å²) in [5.74, 6) is 0.00622. The predicted octanol–water partition coefficient (Wildman–Crippen LogP) is 2.48. The second-order valence-corrected chi connectivity index (χ2v) is 4.41. The molecule has 1 aromatic carbocycles. The molecule has 1 heterocycles. The maximum absolute atomic E-state index is 11.6. The SMILES string of the molecule is Cl.NC1CC(=O)N(c2ccc(Cl)cc2Cl)C1. The molecule has 0 radical (unpaired) electrons. The monoisotopic (exact) mass is 280 g/mol. The molecule has 6 heteroatoms. The molecule has 1 unspecified atom stereocenters. The molecule has 3 nitrogen and oxygen atoms in total. The molecule has 0 aromatic heterocycles. The number of amides is 1. The molecule has 0 bridgehead atoms. The molecule has 1 fully saturated rings. The molecule has 0 saturated carbocycles. The first-order valence-corrected chi connectivity index (χ1v) is 5.34. The summed E-state index contributed by atoms with van der Waals surface area (Å²) in [5.41, 5.74) is 6.38. The van der Waals surface area contributed by atoms with Gasteiger partial charge in [-0.25, -0.2) is 0 Å². The van der Waals surface area contributed by atoms with Gasteiger partial charge in [0, 0.05) is 24.0 Å². The van der Waals surface area contributed by atoms with Crippen LogP contribution in [0.25, 0.3) is 0 Å². The van der Waals surface area contributed by atoms with Crippen molar-refractivity contribution in [3.8, 4) is 0 Å². The maximum atomic E-state index is 11.6. The van der Waals surface area contributed by atoms with E-state index in [-0.39, 0.29) is 24.4 Å². The number of nitrogens with zero attached hydrogens (tertiary/aromatic N) is 1. The molecule has 0 spiro atoms. The largest absolute Gasteiger partial charge is 0.326 e. The van der Waals surface area contributed by atoms with Gasteiger partial charge in [-0.3, -0.25) is 4.79 Å². The van der Waals surface area contributed by atoms with Gasteiger partial charge in [0.2, 0.25) is 5.91 Å². The van der Waals surface area contributed by atoms with E-state index in [0.29, 0.717) is 28.7 Å². The van der Waals surface area contributed by atoms with Gasteiger partial charge in [0.15, 0.2) is 0 Å². The van der Waals surface area contributed by atoms with Crippen molar-refractivity contribution in [2.45, 2.75) is 12.5 Å². The molecule has 1 atom stereocenters. The van der Waals surface area contributed by atoms with Gasteiger partial charge in [-0.1, -0.05) is 23.2 Å². The Balaban J connectivity index is 0.00000128. The number of rotatable bonds is 1. The van der Waals surface area contributed by atoms with Crippen molar-refractivity contribution in [3.05, 3.63) is 28.2 Å².